The summed E-state index contributed by atoms with van der Waals surface area (Å²) in [5, 5.41) is 9.24. The number of rotatable bonds is 3. The van der Waals surface area contributed by atoms with E-state index in [9.17, 15) is 18.7 Å². The Kier molecular flexibility index (Phi) is 3.68. The zero-order valence-corrected chi connectivity index (χ0v) is 11.0. The summed E-state index contributed by atoms with van der Waals surface area (Å²) in [7, 11) is 0. The average Bonchev–Trinajstić information content (AvgIpc) is 2.80. The minimum atomic E-state index is -1.23. The number of aliphatic carboxylic acids is 1. The predicted molar refractivity (Wildman–Crippen MR) is 63.3 cm³/mol. The van der Waals surface area contributed by atoms with E-state index in [2.05, 4.69) is 15.9 Å². The number of halogens is 3. The second-order valence-electron chi connectivity index (χ2n) is 4.39. The highest BCUT2D eigenvalue weighted by molar-refractivity contribution is 9.10. The largest absolute Gasteiger partial charge is 0.481 e. The van der Waals surface area contributed by atoms with E-state index in [1.165, 1.54) is 6.07 Å². The van der Waals surface area contributed by atoms with Crippen LogP contribution >= 0.6 is 15.9 Å². The molecular weight excluding hydrogens is 310 g/mol. The smallest absolute Gasteiger partial charge is 0.312 e. The maximum Gasteiger partial charge on any atom is 0.312 e. The summed E-state index contributed by atoms with van der Waals surface area (Å²) in [6.45, 7) is 0.275. The standard InChI is InChI=1S/C12H11BrF2O3/c13-8-1-2-9(14)7(10(8)15)5-12(11(16)17)3-4-18-6-12/h1-2H,3-6H2,(H,16,17). The highest BCUT2D eigenvalue weighted by Gasteiger charge is 2.43. The first kappa shape index (κ1) is 13.4. The Bertz CT molecular complexity index is 484. The Balaban J connectivity index is 2.39. The van der Waals surface area contributed by atoms with Gasteiger partial charge in [0.2, 0.25) is 0 Å². The van der Waals surface area contributed by atoms with Gasteiger partial charge >= 0.3 is 5.97 Å². The predicted octanol–water partition coefficient (Wildman–Crippen LogP) is 2.76. The van der Waals surface area contributed by atoms with E-state index in [0.29, 0.717) is 6.61 Å². The topological polar surface area (TPSA) is 46.5 Å². The van der Waals surface area contributed by atoms with Crippen LogP contribution < -0.4 is 0 Å². The molecule has 18 heavy (non-hydrogen) atoms. The molecular formula is C12H11BrF2O3. The molecule has 0 aliphatic carbocycles. The van der Waals surface area contributed by atoms with Gasteiger partial charge in [-0.05, 0) is 40.9 Å². The summed E-state index contributed by atoms with van der Waals surface area (Å²) >= 11 is 2.96. The van der Waals surface area contributed by atoms with Gasteiger partial charge in [0.05, 0.1) is 16.5 Å². The summed E-state index contributed by atoms with van der Waals surface area (Å²) in [4.78, 5) is 11.3. The minimum Gasteiger partial charge on any atom is -0.481 e. The molecule has 0 amide bonds. The van der Waals surface area contributed by atoms with Gasteiger partial charge in [-0.15, -0.1) is 0 Å². The Morgan fingerprint density at radius 1 is 1.50 bits per heavy atom. The van der Waals surface area contributed by atoms with Gasteiger partial charge in [-0.25, -0.2) is 8.78 Å². The molecule has 1 unspecified atom stereocenters. The molecule has 3 nitrogen and oxygen atoms in total. The molecule has 0 saturated carbocycles. The maximum absolute atomic E-state index is 13.8. The molecule has 1 fully saturated rings. The maximum atomic E-state index is 13.8. The van der Waals surface area contributed by atoms with Crippen LogP contribution in [0.5, 0.6) is 0 Å². The lowest BCUT2D eigenvalue weighted by Crippen LogP contribution is -2.34. The average molecular weight is 321 g/mol. The Morgan fingerprint density at radius 3 is 2.78 bits per heavy atom. The fourth-order valence-corrected chi connectivity index (χ4v) is 2.43. The molecule has 1 aliphatic rings. The Morgan fingerprint density at radius 2 is 2.22 bits per heavy atom. The lowest BCUT2D eigenvalue weighted by atomic mass is 9.81. The molecule has 1 aromatic rings. The van der Waals surface area contributed by atoms with Crippen LogP contribution in [0.2, 0.25) is 0 Å². The van der Waals surface area contributed by atoms with Crippen LogP contribution in [0.3, 0.4) is 0 Å². The quantitative estimate of drug-likeness (QED) is 0.871. The van der Waals surface area contributed by atoms with Crippen LogP contribution in [-0.2, 0) is 16.0 Å². The normalized spacial score (nSPS) is 23.3. The van der Waals surface area contributed by atoms with Gasteiger partial charge in [-0.2, -0.15) is 0 Å². The minimum absolute atomic E-state index is 0.0201. The van der Waals surface area contributed by atoms with Crippen molar-refractivity contribution in [2.24, 2.45) is 5.41 Å². The van der Waals surface area contributed by atoms with E-state index in [4.69, 9.17) is 4.74 Å². The first-order valence-corrected chi connectivity index (χ1v) is 6.19. The van der Waals surface area contributed by atoms with E-state index < -0.39 is 23.0 Å². The van der Waals surface area contributed by atoms with Crippen molar-refractivity contribution in [3.63, 3.8) is 0 Å². The highest BCUT2D eigenvalue weighted by Crippen LogP contribution is 2.35. The van der Waals surface area contributed by atoms with Gasteiger partial charge in [-0.1, -0.05) is 0 Å². The van der Waals surface area contributed by atoms with Crippen LogP contribution in [-0.4, -0.2) is 24.3 Å². The molecule has 1 aliphatic heterocycles. The fourth-order valence-electron chi connectivity index (χ4n) is 2.06. The first-order chi connectivity index (χ1) is 8.46. The van der Waals surface area contributed by atoms with Crippen molar-refractivity contribution in [2.75, 3.05) is 13.2 Å². The highest BCUT2D eigenvalue weighted by atomic mass is 79.9. The van der Waals surface area contributed by atoms with Crippen LogP contribution in [0.4, 0.5) is 8.78 Å². The van der Waals surface area contributed by atoms with Crippen molar-refractivity contribution in [3.8, 4) is 0 Å². The summed E-state index contributed by atoms with van der Waals surface area (Å²) in [5.74, 6) is -2.57. The van der Waals surface area contributed by atoms with Crippen molar-refractivity contribution in [2.45, 2.75) is 12.8 Å². The molecule has 0 radical (unpaired) electrons. The van der Waals surface area contributed by atoms with E-state index in [0.717, 1.165) is 6.07 Å². The van der Waals surface area contributed by atoms with E-state index in [1.807, 2.05) is 0 Å². The lowest BCUT2D eigenvalue weighted by Gasteiger charge is -2.22. The lowest BCUT2D eigenvalue weighted by molar-refractivity contribution is -0.148. The third kappa shape index (κ3) is 2.27. The summed E-state index contributed by atoms with van der Waals surface area (Å²) < 4.78 is 32.6. The fraction of sp³-hybridized carbons (Fsp3) is 0.417. The van der Waals surface area contributed by atoms with Gasteiger partial charge in [0.25, 0.3) is 0 Å². The van der Waals surface area contributed by atoms with Gasteiger partial charge in [0.1, 0.15) is 11.6 Å². The molecule has 1 saturated heterocycles. The van der Waals surface area contributed by atoms with Crippen LogP contribution in [0, 0.1) is 17.0 Å². The molecule has 6 heteroatoms. The van der Waals surface area contributed by atoms with Crippen LogP contribution in [0.1, 0.15) is 12.0 Å². The number of hydrogen-bond acceptors (Lipinski definition) is 2. The molecule has 1 heterocycles. The van der Waals surface area contributed by atoms with Gasteiger partial charge in [0.15, 0.2) is 0 Å². The Labute approximate surface area is 111 Å². The second-order valence-corrected chi connectivity index (χ2v) is 5.24. The van der Waals surface area contributed by atoms with Crippen molar-refractivity contribution < 1.29 is 23.4 Å². The van der Waals surface area contributed by atoms with Crippen LogP contribution in [0.25, 0.3) is 0 Å². The Hall–Kier alpha value is -1.01. The molecule has 0 spiro atoms. The molecule has 0 bridgehead atoms. The number of carboxylic acid groups (broad SMARTS) is 1. The monoisotopic (exact) mass is 320 g/mol. The third-order valence-corrected chi connectivity index (χ3v) is 3.82. The summed E-state index contributed by atoms with van der Waals surface area (Å²) in [6, 6.07) is 2.38. The van der Waals surface area contributed by atoms with E-state index in [1.54, 1.807) is 0 Å². The summed E-state index contributed by atoms with van der Waals surface area (Å²) in [6.07, 6.45) is 0.0488. The van der Waals surface area contributed by atoms with Gasteiger partial charge < -0.3 is 9.84 Å². The van der Waals surface area contributed by atoms with Crippen molar-refractivity contribution in [3.05, 3.63) is 33.8 Å². The molecule has 98 valence electrons. The molecule has 1 aromatic carbocycles. The molecule has 1 atom stereocenters. The number of hydrogen-bond donors (Lipinski definition) is 1. The van der Waals surface area contributed by atoms with Crippen molar-refractivity contribution in [1.82, 2.24) is 0 Å². The van der Waals surface area contributed by atoms with E-state index in [-0.39, 0.29) is 29.5 Å². The molecule has 0 aromatic heterocycles. The van der Waals surface area contributed by atoms with Gasteiger partial charge in [-0.3, -0.25) is 4.79 Å². The number of carbonyl (C=O) groups is 1. The summed E-state index contributed by atoms with van der Waals surface area (Å²) in [5.41, 5.74) is -1.44. The van der Waals surface area contributed by atoms with Crippen LogP contribution in [0.15, 0.2) is 16.6 Å². The zero-order valence-electron chi connectivity index (χ0n) is 9.38. The van der Waals surface area contributed by atoms with Crippen molar-refractivity contribution in [1.29, 1.82) is 0 Å². The van der Waals surface area contributed by atoms with Crippen molar-refractivity contribution >= 4 is 21.9 Å². The number of carboxylic acids is 1. The van der Waals surface area contributed by atoms with Gasteiger partial charge in [0, 0.05) is 12.2 Å². The molecule has 1 N–H and O–H groups in total. The molecule has 2 rings (SSSR count). The van der Waals surface area contributed by atoms with E-state index >= 15 is 0 Å². The number of ether oxygens (including phenoxy) is 1. The zero-order chi connectivity index (χ0) is 13.3. The second kappa shape index (κ2) is 4.93. The SMILES string of the molecule is O=C(O)C1(Cc2c(F)ccc(Br)c2F)CCOC1. The third-order valence-electron chi connectivity index (χ3n) is 3.21. The first-order valence-electron chi connectivity index (χ1n) is 5.40. The number of benzene rings is 1.